The van der Waals surface area contributed by atoms with Gasteiger partial charge in [0.2, 0.25) is 0 Å². The molecule has 0 atom stereocenters. The van der Waals surface area contributed by atoms with Crippen LogP contribution in [0.4, 0.5) is 0 Å². The molecule has 1 nitrogen and oxygen atoms in total. The van der Waals surface area contributed by atoms with Crippen LogP contribution in [0.25, 0.3) is 0 Å². The largest absolute Gasteiger partial charge is 0.316 e. The summed E-state index contributed by atoms with van der Waals surface area (Å²) in [5, 5.41) is 3.59. The Morgan fingerprint density at radius 1 is 1.25 bits per heavy atom. The second-order valence-electron chi connectivity index (χ2n) is 6.55. The van der Waals surface area contributed by atoms with Crippen molar-refractivity contribution in [1.82, 2.24) is 5.32 Å². The molecule has 0 bridgehead atoms. The Kier molecular flexibility index (Phi) is 3.44. The van der Waals surface area contributed by atoms with Gasteiger partial charge >= 0.3 is 0 Å². The summed E-state index contributed by atoms with van der Waals surface area (Å²) in [6.45, 7) is 9.36. The number of hydrogen-bond acceptors (Lipinski definition) is 1. The van der Waals surface area contributed by atoms with E-state index in [-0.39, 0.29) is 0 Å². The first-order valence-electron chi connectivity index (χ1n) is 6.98. The quantitative estimate of drug-likeness (QED) is 0.710. The minimum absolute atomic E-state index is 0.528. The highest BCUT2D eigenvalue weighted by Gasteiger charge is 2.50. The molecule has 0 spiro atoms. The van der Waals surface area contributed by atoms with Crippen molar-refractivity contribution in [3.8, 4) is 0 Å². The molecule has 2 aliphatic rings. The Balaban J connectivity index is 2.06. The van der Waals surface area contributed by atoms with Gasteiger partial charge in [-0.2, -0.15) is 0 Å². The summed E-state index contributed by atoms with van der Waals surface area (Å²) >= 11 is 0. The third-order valence-electron chi connectivity index (χ3n) is 4.32. The van der Waals surface area contributed by atoms with Crippen molar-refractivity contribution in [2.75, 3.05) is 13.1 Å². The van der Waals surface area contributed by atoms with Crippen molar-refractivity contribution in [1.29, 1.82) is 0 Å². The lowest BCUT2D eigenvalue weighted by Crippen LogP contribution is -2.50. The lowest BCUT2D eigenvalue weighted by atomic mass is 9.50. The Bertz CT molecular complexity index is 267. The molecule has 2 rings (SSSR count). The van der Waals surface area contributed by atoms with E-state index in [1.54, 1.807) is 5.57 Å². The zero-order valence-corrected chi connectivity index (χ0v) is 11.2. The summed E-state index contributed by atoms with van der Waals surface area (Å²) in [5.74, 6) is 0. The summed E-state index contributed by atoms with van der Waals surface area (Å²) in [6, 6.07) is 0. The molecule has 0 aliphatic heterocycles. The number of allylic oxidation sites excluding steroid dienone is 1. The summed E-state index contributed by atoms with van der Waals surface area (Å²) in [7, 11) is 0. The molecule has 1 saturated carbocycles. The van der Waals surface area contributed by atoms with E-state index >= 15 is 0 Å². The van der Waals surface area contributed by atoms with Gasteiger partial charge in [-0.05, 0) is 50.5 Å². The predicted molar refractivity (Wildman–Crippen MR) is 70.5 cm³/mol. The summed E-state index contributed by atoms with van der Waals surface area (Å²) in [5.41, 5.74) is 2.88. The van der Waals surface area contributed by atoms with Crippen LogP contribution in [0, 0.1) is 10.8 Å². The van der Waals surface area contributed by atoms with Crippen LogP contribution in [0.2, 0.25) is 0 Å². The molecule has 0 aromatic rings. The van der Waals surface area contributed by atoms with Crippen molar-refractivity contribution in [2.45, 2.75) is 59.3 Å². The molecule has 0 aromatic heterocycles. The highest BCUT2D eigenvalue weighted by atomic mass is 14.9. The van der Waals surface area contributed by atoms with Crippen LogP contribution in [-0.2, 0) is 0 Å². The van der Waals surface area contributed by atoms with E-state index in [4.69, 9.17) is 0 Å². The van der Waals surface area contributed by atoms with E-state index in [9.17, 15) is 0 Å². The van der Waals surface area contributed by atoms with Crippen LogP contribution in [0.5, 0.6) is 0 Å². The maximum Gasteiger partial charge on any atom is 0.00468 e. The zero-order chi connectivity index (χ0) is 11.6. The maximum atomic E-state index is 3.59. The van der Waals surface area contributed by atoms with Crippen molar-refractivity contribution < 1.29 is 0 Å². The van der Waals surface area contributed by atoms with E-state index in [0.29, 0.717) is 10.8 Å². The van der Waals surface area contributed by atoms with Gasteiger partial charge in [-0.15, -0.1) is 0 Å². The van der Waals surface area contributed by atoms with E-state index < -0.39 is 0 Å². The highest BCUT2D eigenvalue weighted by Crippen LogP contribution is 2.59. The molecular weight excluding hydrogens is 194 g/mol. The maximum absolute atomic E-state index is 3.59. The molecule has 1 fully saturated rings. The van der Waals surface area contributed by atoms with Crippen LogP contribution in [0.1, 0.15) is 59.3 Å². The highest BCUT2D eigenvalue weighted by molar-refractivity contribution is 5.23. The Morgan fingerprint density at radius 3 is 2.50 bits per heavy atom. The molecule has 0 unspecified atom stereocenters. The van der Waals surface area contributed by atoms with E-state index in [2.05, 4.69) is 32.2 Å². The van der Waals surface area contributed by atoms with Gasteiger partial charge in [-0.25, -0.2) is 0 Å². The topological polar surface area (TPSA) is 12.0 Å². The second-order valence-corrected chi connectivity index (χ2v) is 6.55. The van der Waals surface area contributed by atoms with Crippen LogP contribution in [-0.4, -0.2) is 13.1 Å². The predicted octanol–water partition coefficient (Wildman–Crippen LogP) is 3.90. The van der Waals surface area contributed by atoms with Gasteiger partial charge in [0.25, 0.3) is 0 Å². The van der Waals surface area contributed by atoms with Crippen LogP contribution < -0.4 is 5.32 Å². The number of rotatable bonds is 4. The van der Waals surface area contributed by atoms with Gasteiger partial charge in [0.05, 0.1) is 0 Å². The van der Waals surface area contributed by atoms with Gasteiger partial charge < -0.3 is 5.32 Å². The Labute approximate surface area is 101 Å². The molecule has 0 aromatic carbocycles. The Hall–Kier alpha value is -0.300. The first-order valence-corrected chi connectivity index (χ1v) is 6.98. The van der Waals surface area contributed by atoms with Crippen LogP contribution in [0.3, 0.4) is 0 Å². The van der Waals surface area contributed by atoms with Crippen molar-refractivity contribution >= 4 is 0 Å². The second kappa shape index (κ2) is 4.52. The van der Waals surface area contributed by atoms with Gasteiger partial charge in [0, 0.05) is 12.0 Å². The van der Waals surface area contributed by atoms with Gasteiger partial charge in [0.15, 0.2) is 0 Å². The minimum Gasteiger partial charge on any atom is -0.316 e. The molecule has 0 saturated heterocycles. The molecule has 0 radical (unpaired) electrons. The Morgan fingerprint density at radius 2 is 2.00 bits per heavy atom. The lowest BCUT2D eigenvalue weighted by Gasteiger charge is -2.55. The number of hydrogen-bond donors (Lipinski definition) is 1. The normalized spacial score (nSPS) is 27.1. The molecule has 16 heavy (non-hydrogen) atoms. The molecule has 92 valence electrons. The first kappa shape index (κ1) is 12.2. The molecule has 1 heteroatoms. The van der Waals surface area contributed by atoms with Crippen molar-refractivity contribution in [3.05, 3.63) is 11.6 Å². The fraction of sp³-hybridized carbons (Fsp3) is 0.867. The SMILES string of the molecule is CCNCC1(C2=CCCCC2)CC(C)(C)C1. The van der Waals surface area contributed by atoms with E-state index in [1.807, 2.05) is 0 Å². The van der Waals surface area contributed by atoms with Gasteiger partial charge in [-0.3, -0.25) is 0 Å². The fourth-order valence-electron chi connectivity index (χ4n) is 3.93. The van der Waals surface area contributed by atoms with Crippen molar-refractivity contribution in [2.24, 2.45) is 10.8 Å². The minimum atomic E-state index is 0.528. The monoisotopic (exact) mass is 221 g/mol. The third-order valence-corrected chi connectivity index (χ3v) is 4.32. The van der Waals surface area contributed by atoms with Gasteiger partial charge in [0.1, 0.15) is 0 Å². The van der Waals surface area contributed by atoms with E-state index in [0.717, 1.165) is 6.54 Å². The average molecular weight is 221 g/mol. The molecule has 2 aliphatic carbocycles. The summed E-state index contributed by atoms with van der Waals surface area (Å²) in [6.07, 6.45) is 10.8. The average Bonchev–Trinajstić information content (AvgIpc) is 2.24. The standard InChI is InChI=1S/C15H27N/c1-4-16-12-15(10-14(2,3)11-15)13-8-6-5-7-9-13/h8,16H,4-7,9-12H2,1-3H3. The summed E-state index contributed by atoms with van der Waals surface area (Å²) in [4.78, 5) is 0. The molecule has 0 heterocycles. The molecule has 1 N–H and O–H groups in total. The first-order chi connectivity index (χ1) is 7.58. The smallest absolute Gasteiger partial charge is 0.00468 e. The van der Waals surface area contributed by atoms with Crippen LogP contribution >= 0.6 is 0 Å². The summed E-state index contributed by atoms with van der Waals surface area (Å²) < 4.78 is 0. The molecule has 0 amide bonds. The molecular formula is C15H27N. The fourth-order valence-corrected chi connectivity index (χ4v) is 3.93. The van der Waals surface area contributed by atoms with Crippen LogP contribution in [0.15, 0.2) is 11.6 Å². The van der Waals surface area contributed by atoms with Gasteiger partial charge in [-0.1, -0.05) is 32.4 Å². The van der Waals surface area contributed by atoms with Crippen molar-refractivity contribution in [3.63, 3.8) is 0 Å². The number of nitrogens with one attached hydrogen (secondary N) is 1. The lowest BCUT2D eigenvalue weighted by molar-refractivity contribution is 0.0160. The third kappa shape index (κ3) is 2.34. The van der Waals surface area contributed by atoms with E-state index in [1.165, 1.54) is 45.1 Å². The zero-order valence-electron chi connectivity index (χ0n) is 11.2.